The first-order chi connectivity index (χ1) is 12.0. The van der Waals surface area contributed by atoms with Gasteiger partial charge < -0.3 is 4.74 Å². The van der Waals surface area contributed by atoms with Crippen LogP contribution < -0.4 is 0 Å². The van der Waals surface area contributed by atoms with E-state index in [0.717, 1.165) is 12.1 Å². The van der Waals surface area contributed by atoms with Crippen molar-refractivity contribution < 1.29 is 22.7 Å². The zero-order valence-corrected chi connectivity index (χ0v) is 14.3. The summed E-state index contributed by atoms with van der Waals surface area (Å²) in [6, 6.07) is 6.37. The van der Waals surface area contributed by atoms with Crippen LogP contribution in [-0.2, 0) is 15.7 Å². The smallest absolute Gasteiger partial charge is 0.416 e. The minimum atomic E-state index is -4.47. The van der Waals surface area contributed by atoms with Crippen LogP contribution in [0, 0.1) is 28.1 Å². The van der Waals surface area contributed by atoms with E-state index in [1.165, 1.54) is 12.1 Å². The van der Waals surface area contributed by atoms with Crippen molar-refractivity contribution in [1.29, 1.82) is 10.7 Å². The number of carbonyl (C=O) groups excluding carboxylic acids is 1. The molecule has 0 amide bonds. The minimum Gasteiger partial charge on any atom is -0.446 e. The summed E-state index contributed by atoms with van der Waals surface area (Å²) in [6.45, 7) is 3.82. The maximum absolute atomic E-state index is 12.8. The van der Waals surface area contributed by atoms with Gasteiger partial charge in [-0.3, -0.25) is 10.2 Å². The van der Waals surface area contributed by atoms with Crippen molar-refractivity contribution in [3.8, 4) is 6.07 Å². The van der Waals surface area contributed by atoms with Crippen molar-refractivity contribution in [1.82, 2.24) is 0 Å². The van der Waals surface area contributed by atoms with Crippen molar-refractivity contribution in [2.45, 2.75) is 38.8 Å². The molecular formula is C19H17F3N2O2. The topological polar surface area (TPSA) is 73.9 Å². The number of benzene rings is 1. The molecule has 0 radical (unpaired) electrons. The summed E-state index contributed by atoms with van der Waals surface area (Å²) in [5.74, 6) is -1.94. The maximum atomic E-state index is 12.8. The average molecular weight is 362 g/mol. The Kier molecular flexibility index (Phi) is 4.18. The van der Waals surface area contributed by atoms with Gasteiger partial charge in [-0.25, -0.2) is 0 Å². The molecule has 0 saturated heterocycles. The molecule has 0 spiro atoms. The quantitative estimate of drug-likeness (QED) is 0.795. The van der Waals surface area contributed by atoms with Crippen molar-refractivity contribution in [2.75, 3.05) is 0 Å². The van der Waals surface area contributed by atoms with E-state index in [2.05, 4.69) is 0 Å². The van der Waals surface area contributed by atoms with E-state index >= 15 is 0 Å². The number of Topliss-reactive ketones (excluding diaryl/α,β-unsaturated/α-hetero) is 1. The first-order valence-electron chi connectivity index (χ1n) is 8.13. The lowest BCUT2D eigenvalue weighted by molar-refractivity contribution is -0.137. The van der Waals surface area contributed by atoms with Crippen LogP contribution in [0.25, 0.3) is 0 Å². The van der Waals surface area contributed by atoms with Crippen LogP contribution in [0.2, 0.25) is 0 Å². The minimum absolute atomic E-state index is 0.186. The summed E-state index contributed by atoms with van der Waals surface area (Å²) < 4.78 is 43.9. The Morgan fingerprint density at radius 1 is 1.23 bits per heavy atom. The van der Waals surface area contributed by atoms with Crippen LogP contribution in [0.15, 0.2) is 35.6 Å². The molecule has 0 bridgehead atoms. The number of carbonyl (C=O) groups is 1. The summed E-state index contributed by atoms with van der Waals surface area (Å²) in [4.78, 5) is 12.7. The molecule has 1 aromatic carbocycles. The van der Waals surface area contributed by atoms with Crippen LogP contribution in [0.5, 0.6) is 0 Å². The van der Waals surface area contributed by atoms with Gasteiger partial charge in [-0.1, -0.05) is 26.0 Å². The van der Waals surface area contributed by atoms with E-state index in [9.17, 15) is 23.2 Å². The predicted molar refractivity (Wildman–Crippen MR) is 87.1 cm³/mol. The number of nitrogens with zero attached hydrogens (tertiary/aromatic N) is 1. The fourth-order valence-corrected chi connectivity index (χ4v) is 3.60. The molecule has 1 aliphatic heterocycles. The van der Waals surface area contributed by atoms with E-state index in [1.807, 2.05) is 19.9 Å². The Balaban J connectivity index is 2.11. The number of ether oxygens (including phenoxy) is 1. The van der Waals surface area contributed by atoms with Gasteiger partial charge in [0.2, 0.25) is 5.90 Å². The molecule has 7 heteroatoms. The van der Waals surface area contributed by atoms with Gasteiger partial charge in [0.15, 0.2) is 5.78 Å². The first kappa shape index (κ1) is 18.2. The molecule has 1 heterocycles. The fourth-order valence-electron chi connectivity index (χ4n) is 3.60. The molecule has 0 aromatic heterocycles. The number of hydrogen-bond acceptors (Lipinski definition) is 4. The van der Waals surface area contributed by atoms with Gasteiger partial charge in [-0.2, -0.15) is 18.4 Å². The molecule has 0 saturated carbocycles. The van der Waals surface area contributed by atoms with Gasteiger partial charge >= 0.3 is 6.18 Å². The molecule has 2 atom stereocenters. The monoisotopic (exact) mass is 362 g/mol. The summed E-state index contributed by atoms with van der Waals surface area (Å²) in [5.41, 5.74) is -0.424. The molecule has 2 aliphatic rings. The SMILES string of the molecule is CC1(C)CC(=O)C2=C(C1)OC(=N)C(C#N)C2c1ccc(C(F)(F)F)cc1. The summed E-state index contributed by atoms with van der Waals surface area (Å²) >= 11 is 0. The highest BCUT2D eigenvalue weighted by Gasteiger charge is 2.46. The molecule has 4 nitrogen and oxygen atoms in total. The third-order valence-electron chi connectivity index (χ3n) is 4.78. The largest absolute Gasteiger partial charge is 0.446 e. The molecule has 1 N–H and O–H groups in total. The van der Waals surface area contributed by atoms with Gasteiger partial charge in [0, 0.05) is 24.3 Å². The molecule has 1 aliphatic carbocycles. The van der Waals surface area contributed by atoms with E-state index in [4.69, 9.17) is 10.1 Å². The molecule has 26 heavy (non-hydrogen) atoms. The second-order valence-corrected chi connectivity index (χ2v) is 7.45. The number of nitrogens with one attached hydrogen (secondary N) is 1. The maximum Gasteiger partial charge on any atom is 0.416 e. The van der Waals surface area contributed by atoms with Crippen molar-refractivity contribution >= 4 is 11.7 Å². The number of rotatable bonds is 1. The molecule has 3 rings (SSSR count). The third-order valence-corrected chi connectivity index (χ3v) is 4.78. The lowest BCUT2D eigenvalue weighted by Crippen LogP contribution is -2.38. The summed E-state index contributed by atoms with van der Waals surface area (Å²) in [7, 11) is 0. The number of halogens is 3. The molecule has 2 unspecified atom stereocenters. The Morgan fingerprint density at radius 2 is 1.85 bits per heavy atom. The standard InChI is InChI=1S/C19H17F3N2O2/c1-18(2)7-13(25)16-14(8-18)26-17(24)12(9-23)15(16)10-3-5-11(6-4-10)19(20,21)22/h3-6,12,15,24H,7-8H2,1-2H3. The van der Waals surface area contributed by atoms with Crippen molar-refractivity contribution in [3.05, 3.63) is 46.7 Å². The second-order valence-electron chi connectivity index (χ2n) is 7.45. The number of hydrogen-bond donors (Lipinski definition) is 1. The molecular weight excluding hydrogens is 345 g/mol. The summed E-state index contributed by atoms with van der Waals surface area (Å²) in [5, 5.41) is 17.5. The van der Waals surface area contributed by atoms with Gasteiger partial charge in [-0.05, 0) is 23.1 Å². The number of allylic oxidation sites excluding steroid dienone is 2. The van der Waals surface area contributed by atoms with Gasteiger partial charge in [0.05, 0.1) is 11.6 Å². The molecule has 1 aromatic rings. The van der Waals surface area contributed by atoms with E-state index in [0.29, 0.717) is 23.3 Å². The van der Waals surface area contributed by atoms with E-state index < -0.39 is 23.6 Å². The zero-order valence-electron chi connectivity index (χ0n) is 14.3. The highest BCUT2D eigenvalue weighted by molar-refractivity contribution is 6.01. The summed E-state index contributed by atoms with van der Waals surface area (Å²) in [6.07, 6.45) is -3.77. The highest BCUT2D eigenvalue weighted by atomic mass is 19.4. The molecule has 136 valence electrons. The Hall–Kier alpha value is -2.62. The van der Waals surface area contributed by atoms with Gasteiger partial charge in [-0.15, -0.1) is 0 Å². The van der Waals surface area contributed by atoms with Crippen LogP contribution in [0.3, 0.4) is 0 Å². The second kappa shape index (κ2) is 5.97. The highest BCUT2D eigenvalue weighted by Crippen LogP contribution is 2.48. The van der Waals surface area contributed by atoms with E-state index in [1.54, 1.807) is 0 Å². The van der Waals surface area contributed by atoms with Gasteiger partial charge in [0.1, 0.15) is 11.7 Å². The van der Waals surface area contributed by atoms with E-state index in [-0.39, 0.29) is 23.5 Å². The Labute approximate surface area is 148 Å². The van der Waals surface area contributed by atoms with Crippen molar-refractivity contribution in [3.63, 3.8) is 0 Å². The lowest BCUT2D eigenvalue weighted by atomic mass is 9.68. The Morgan fingerprint density at radius 3 is 2.38 bits per heavy atom. The normalized spacial score (nSPS) is 25.4. The van der Waals surface area contributed by atoms with Crippen molar-refractivity contribution in [2.24, 2.45) is 11.3 Å². The predicted octanol–water partition coefficient (Wildman–Crippen LogP) is 4.58. The van der Waals surface area contributed by atoms with Crippen LogP contribution in [0.1, 0.15) is 43.7 Å². The van der Waals surface area contributed by atoms with Crippen LogP contribution >= 0.6 is 0 Å². The first-order valence-corrected chi connectivity index (χ1v) is 8.13. The Bertz CT molecular complexity index is 845. The number of nitriles is 1. The third kappa shape index (κ3) is 3.12. The number of alkyl halides is 3. The average Bonchev–Trinajstić information content (AvgIpc) is 2.51. The lowest BCUT2D eigenvalue weighted by Gasteiger charge is -2.39. The fraction of sp³-hybridized carbons (Fsp3) is 0.421. The zero-order chi connectivity index (χ0) is 19.3. The van der Waals surface area contributed by atoms with Gasteiger partial charge in [0.25, 0.3) is 0 Å². The van der Waals surface area contributed by atoms with Crippen LogP contribution in [0.4, 0.5) is 13.2 Å². The van der Waals surface area contributed by atoms with Crippen LogP contribution in [-0.4, -0.2) is 11.7 Å². The number of ketones is 1. The molecule has 0 fully saturated rings.